The third-order valence-electron chi connectivity index (χ3n) is 6.76. The van der Waals surface area contributed by atoms with E-state index < -0.39 is 11.6 Å². The maximum Gasteiger partial charge on any atom is 0.344 e. The Balaban J connectivity index is 1.36. The molecule has 2 aliphatic carbocycles. The Morgan fingerprint density at radius 3 is 2.38 bits per heavy atom. The van der Waals surface area contributed by atoms with E-state index in [0.717, 1.165) is 36.3 Å². The molecule has 4 rings (SSSR count). The third kappa shape index (κ3) is 4.62. The van der Waals surface area contributed by atoms with Crippen LogP contribution < -0.4 is 16.1 Å². The van der Waals surface area contributed by atoms with Crippen LogP contribution in [0.2, 0.25) is 0 Å². The van der Waals surface area contributed by atoms with Gasteiger partial charge in [-0.05, 0) is 62.1 Å². The lowest BCUT2D eigenvalue weighted by Crippen LogP contribution is -2.53. The zero-order valence-corrected chi connectivity index (χ0v) is 18.6. The largest absolute Gasteiger partial charge is 0.355 e. The molecule has 9 nitrogen and oxygen atoms in total. The van der Waals surface area contributed by atoms with Gasteiger partial charge in [0.25, 0.3) is 17.7 Å². The molecule has 1 spiro atoms. The van der Waals surface area contributed by atoms with E-state index in [1.807, 2.05) is 17.0 Å². The number of carbonyl (C=O) groups excluding carboxylic acids is 4. The summed E-state index contributed by atoms with van der Waals surface area (Å²) >= 11 is 0. The maximum atomic E-state index is 13.0. The summed E-state index contributed by atoms with van der Waals surface area (Å²) in [7, 11) is 1.59. The zero-order valence-electron chi connectivity index (χ0n) is 18.6. The van der Waals surface area contributed by atoms with Crippen molar-refractivity contribution < 1.29 is 19.2 Å². The Hall–Kier alpha value is -2.94. The molecule has 9 heteroatoms. The van der Waals surface area contributed by atoms with Crippen molar-refractivity contribution >= 4 is 23.8 Å². The molecule has 0 atom stereocenters. The highest BCUT2D eigenvalue weighted by molar-refractivity contribution is 6.08. The zero-order chi connectivity index (χ0) is 22.9. The lowest BCUT2D eigenvalue weighted by molar-refractivity contribution is -0.140. The molecule has 1 saturated heterocycles. The van der Waals surface area contributed by atoms with Gasteiger partial charge in [-0.15, -0.1) is 0 Å². The van der Waals surface area contributed by atoms with Crippen molar-refractivity contribution in [1.29, 1.82) is 0 Å². The lowest BCUT2D eigenvalue weighted by Gasteiger charge is -2.33. The van der Waals surface area contributed by atoms with E-state index in [1.54, 1.807) is 19.2 Å². The number of imide groups is 1. The Morgan fingerprint density at radius 2 is 1.78 bits per heavy atom. The van der Waals surface area contributed by atoms with E-state index in [1.165, 1.54) is 0 Å². The van der Waals surface area contributed by atoms with Crippen molar-refractivity contribution in [3.05, 3.63) is 35.4 Å². The average Bonchev–Trinajstić information content (AvgIpc) is 3.60. The fourth-order valence-corrected chi connectivity index (χ4v) is 4.55. The highest BCUT2D eigenvalue weighted by Crippen LogP contribution is 2.36. The minimum absolute atomic E-state index is 0.0863. The van der Waals surface area contributed by atoms with Crippen LogP contribution in [0.1, 0.15) is 61.4 Å². The van der Waals surface area contributed by atoms with Crippen LogP contribution in [0.15, 0.2) is 24.3 Å². The molecular formula is C23H31N5O4. The molecule has 0 unspecified atom stereocenters. The van der Waals surface area contributed by atoms with Crippen LogP contribution >= 0.6 is 0 Å². The van der Waals surface area contributed by atoms with Gasteiger partial charge in [0, 0.05) is 25.2 Å². The van der Waals surface area contributed by atoms with Crippen LogP contribution in [0.5, 0.6) is 0 Å². The number of rotatable bonds is 7. The Kier molecular flexibility index (Phi) is 6.19. The van der Waals surface area contributed by atoms with Crippen molar-refractivity contribution in [2.45, 2.75) is 63.6 Å². The van der Waals surface area contributed by atoms with Gasteiger partial charge in [-0.3, -0.25) is 24.7 Å². The number of nitrogens with one attached hydrogen (secondary N) is 3. The van der Waals surface area contributed by atoms with E-state index in [4.69, 9.17) is 0 Å². The van der Waals surface area contributed by atoms with Crippen LogP contribution in [-0.2, 0) is 16.1 Å². The molecule has 1 aliphatic heterocycles. The Labute approximate surface area is 187 Å². The first-order valence-electron chi connectivity index (χ1n) is 11.3. The molecule has 2 saturated carbocycles. The molecule has 172 valence electrons. The highest BCUT2D eigenvalue weighted by atomic mass is 16.2. The number of hydrazine groups is 1. The van der Waals surface area contributed by atoms with E-state index in [2.05, 4.69) is 23.0 Å². The van der Waals surface area contributed by atoms with Gasteiger partial charge in [-0.25, -0.2) is 4.79 Å². The minimum Gasteiger partial charge on any atom is -0.355 e. The molecule has 3 N–H and O–H groups in total. The van der Waals surface area contributed by atoms with Crippen LogP contribution in [-0.4, -0.2) is 58.8 Å². The average molecular weight is 442 g/mol. The number of nitrogens with zero attached hydrogens (tertiary/aromatic N) is 2. The van der Waals surface area contributed by atoms with Gasteiger partial charge >= 0.3 is 6.03 Å². The van der Waals surface area contributed by atoms with Gasteiger partial charge in [0.2, 0.25) is 0 Å². The summed E-state index contributed by atoms with van der Waals surface area (Å²) in [6, 6.07) is 7.02. The van der Waals surface area contributed by atoms with Crippen LogP contribution in [0, 0.1) is 5.92 Å². The summed E-state index contributed by atoms with van der Waals surface area (Å²) in [6.07, 6.45) is 4.97. The van der Waals surface area contributed by atoms with Crippen LogP contribution in [0.3, 0.4) is 0 Å². The third-order valence-corrected chi connectivity index (χ3v) is 6.76. The smallest absolute Gasteiger partial charge is 0.344 e. The molecular weight excluding hydrogens is 410 g/mol. The Bertz CT molecular complexity index is 903. The van der Waals surface area contributed by atoms with Crippen molar-refractivity contribution in [2.24, 2.45) is 5.92 Å². The van der Waals surface area contributed by atoms with Gasteiger partial charge in [-0.1, -0.05) is 19.1 Å². The van der Waals surface area contributed by atoms with Crippen LogP contribution in [0.4, 0.5) is 4.79 Å². The Morgan fingerprint density at radius 1 is 1.12 bits per heavy atom. The normalized spacial score (nSPS) is 25.2. The topological polar surface area (TPSA) is 111 Å². The summed E-state index contributed by atoms with van der Waals surface area (Å²) in [5.74, 6) is -0.352. The molecule has 32 heavy (non-hydrogen) atoms. The number of amides is 5. The first-order valence-corrected chi connectivity index (χ1v) is 11.3. The van der Waals surface area contributed by atoms with E-state index >= 15 is 0 Å². The highest BCUT2D eigenvalue weighted by Gasteiger charge is 2.53. The van der Waals surface area contributed by atoms with Gasteiger partial charge < -0.3 is 10.6 Å². The first kappa shape index (κ1) is 22.3. The molecule has 3 aliphatic rings. The fraction of sp³-hybridized carbons (Fsp3) is 0.565. The lowest BCUT2D eigenvalue weighted by atomic mass is 9.77. The summed E-state index contributed by atoms with van der Waals surface area (Å²) in [5, 5.41) is 6.28. The quantitative estimate of drug-likeness (QED) is 0.556. The maximum absolute atomic E-state index is 13.0. The molecule has 1 aromatic carbocycles. The summed E-state index contributed by atoms with van der Waals surface area (Å²) in [4.78, 5) is 51.9. The van der Waals surface area contributed by atoms with Gasteiger partial charge in [0.05, 0.1) is 6.54 Å². The summed E-state index contributed by atoms with van der Waals surface area (Å²) < 4.78 is 0. The molecule has 0 bridgehead atoms. The molecule has 1 heterocycles. The second kappa shape index (κ2) is 8.90. The number of benzene rings is 1. The number of hydrogen-bond donors (Lipinski definition) is 3. The predicted octanol–water partition coefficient (Wildman–Crippen LogP) is 1.54. The fourth-order valence-electron chi connectivity index (χ4n) is 4.55. The molecule has 0 radical (unpaired) electrons. The number of carbonyl (C=O) groups is 4. The van der Waals surface area contributed by atoms with E-state index in [0.29, 0.717) is 36.9 Å². The second-order valence-corrected chi connectivity index (χ2v) is 9.28. The predicted molar refractivity (Wildman–Crippen MR) is 117 cm³/mol. The van der Waals surface area contributed by atoms with Crippen molar-refractivity contribution in [3.63, 3.8) is 0 Å². The summed E-state index contributed by atoms with van der Waals surface area (Å²) in [5.41, 5.74) is 3.22. The van der Waals surface area contributed by atoms with Crippen molar-refractivity contribution in [2.75, 3.05) is 13.6 Å². The van der Waals surface area contributed by atoms with Gasteiger partial charge in [-0.2, -0.15) is 5.01 Å². The van der Waals surface area contributed by atoms with Crippen molar-refractivity contribution in [3.8, 4) is 0 Å². The molecule has 3 fully saturated rings. The monoisotopic (exact) mass is 441 g/mol. The summed E-state index contributed by atoms with van der Waals surface area (Å²) in [6.45, 7) is 2.78. The van der Waals surface area contributed by atoms with Crippen molar-refractivity contribution in [1.82, 2.24) is 26.0 Å². The molecule has 0 aromatic heterocycles. The molecule has 1 aromatic rings. The molecule has 5 amide bonds. The van der Waals surface area contributed by atoms with Gasteiger partial charge in [0.1, 0.15) is 5.54 Å². The minimum atomic E-state index is -0.875. The standard InChI is InChI=1S/C23H31N5O4/c1-15-9-11-23(12-10-15)21(31)28(22(32)25-23)26-19(29)14-27(18-7-8-18)13-16-3-5-17(6-4-16)20(30)24-2/h3-6,15,18H,7-14H2,1-2H3,(H,24,30)(H,25,32)(H,26,29). The SMILES string of the molecule is CNC(=O)c1ccc(CN(CC(=O)NN2C(=O)NC3(CCC(C)CC3)C2=O)C2CC2)cc1. The van der Waals surface area contributed by atoms with Gasteiger partial charge in [0.15, 0.2) is 0 Å². The number of hydrogen-bond acceptors (Lipinski definition) is 5. The van der Waals surface area contributed by atoms with E-state index in [9.17, 15) is 19.2 Å². The number of urea groups is 1. The van der Waals surface area contributed by atoms with Crippen LogP contribution in [0.25, 0.3) is 0 Å². The first-order chi connectivity index (χ1) is 15.3. The second-order valence-electron chi connectivity index (χ2n) is 9.28. The van der Waals surface area contributed by atoms with E-state index in [-0.39, 0.29) is 24.3 Å².